The van der Waals surface area contributed by atoms with Gasteiger partial charge in [-0.3, -0.25) is 4.79 Å². The lowest BCUT2D eigenvalue weighted by atomic mass is 10.1. The predicted molar refractivity (Wildman–Crippen MR) is 163 cm³/mol. The number of aromatic nitrogens is 2. The van der Waals surface area contributed by atoms with Crippen molar-refractivity contribution in [1.82, 2.24) is 14.7 Å². The summed E-state index contributed by atoms with van der Waals surface area (Å²) in [5.41, 5.74) is 0.748. The van der Waals surface area contributed by atoms with Crippen LogP contribution in [-0.2, 0) is 19.3 Å². The second kappa shape index (κ2) is 14.5. The zero-order chi connectivity index (χ0) is 32.7. The molecule has 0 aliphatic heterocycles. The summed E-state index contributed by atoms with van der Waals surface area (Å²) in [6.07, 6.45) is -0.869. The third kappa shape index (κ3) is 7.92. The molecule has 0 fully saturated rings. The zero-order valence-corrected chi connectivity index (χ0v) is 25.9. The van der Waals surface area contributed by atoms with Crippen LogP contribution in [0.3, 0.4) is 0 Å². The first-order valence-corrected chi connectivity index (χ1v) is 15.3. The molecule has 1 amide bonds. The van der Waals surface area contributed by atoms with Gasteiger partial charge in [-0.1, -0.05) is 0 Å². The number of rotatable bonds is 13. The standard InChI is InChI=1S/C30H33F2N5O7S/c1-5-43-30(39)37-27-9-7-22(45(40,41)23-15-19(31)14-20(32)16-23)18-25(27)28(35-37)34-29(38)24-8-6-21(44-13-11-36(2)3)17-26(24)33-10-12-42-4/h6-9,14-18,33H,5,10-13H2,1-4H3,(H,34,35,38). The number of carbonyl (C=O) groups is 2. The average molecular weight is 646 g/mol. The van der Waals surface area contributed by atoms with Crippen LogP contribution in [0.25, 0.3) is 10.9 Å². The minimum Gasteiger partial charge on any atom is -0.492 e. The average Bonchev–Trinajstić information content (AvgIpc) is 3.34. The number of hydrogen-bond donors (Lipinski definition) is 2. The van der Waals surface area contributed by atoms with E-state index in [9.17, 15) is 26.8 Å². The highest BCUT2D eigenvalue weighted by Crippen LogP contribution is 2.31. The number of anilines is 2. The maximum Gasteiger partial charge on any atom is 0.435 e. The monoisotopic (exact) mass is 645 g/mol. The number of ether oxygens (including phenoxy) is 3. The molecule has 4 rings (SSSR count). The molecule has 0 radical (unpaired) electrons. The van der Waals surface area contributed by atoms with Crippen LogP contribution in [0.2, 0.25) is 0 Å². The lowest BCUT2D eigenvalue weighted by Gasteiger charge is -2.15. The van der Waals surface area contributed by atoms with Gasteiger partial charge >= 0.3 is 6.09 Å². The first-order chi connectivity index (χ1) is 21.4. The van der Waals surface area contributed by atoms with Crippen molar-refractivity contribution in [2.75, 3.05) is 64.7 Å². The van der Waals surface area contributed by atoms with E-state index in [1.54, 1.807) is 32.2 Å². The molecule has 0 unspecified atom stereocenters. The van der Waals surface area contributed by atoms with E-state index in [1.165, 1.54) is 6.07 Å². The molecule has 0 spiro atoms. The normalized spacial score (nSPS) is 11.5. The van der Waals surface area contributed by atoms with Crippen LogP contribution in [-0.4, -0.2) is 89.2 Å². The highest BCUT2D eigenvalue weighted by Gasteiger charge is 2.25. The van der Waals surface area contributed by atoms with E-state index < -0.39 is 38.4 Å². The smallest absolute Gasteiger partial charge is 0.435 e. The van der Waals surface area contributed by atoms with E-state index in [1.807, 2.05) is 19.0 Å². The van der Waals surface area contributed by atoms with E-state index in [0.717, 1.165) is 16.8 Å². The molecular weight excluding hydrogens is 612 g/mol. The lowest BCUT2D eigenvalue weighted by molar-refractivity contribution is 0.102. The van der Waals surface area contributed by atoms with E-state index in [0.29, 0.717) is 55.9 Å². The largest absolute Gasteiger partial charge is 0.492 e. The zero-order valence-electron chi connectivity index (χ0n) is 25.1. The van der Waals surface area contributed by atoms with Crippen LogP contribution in [0.1, 0.15) is 17.3 Å². The summed E-state index contributed by atoms with van der Waals surface area (Å²) < 4.78 is 71.3. The van der Waals surface area contributed by atoms with Crippen molar-refractivity contribution in [2.45, 2.75) is 16.7 Å². The molecule has 1 aromatic heterocycles. The number of carbonyl (C=O) groups excluding carboxylic acids is 2. The third-order valence-electron chi connectivity index (χ3n) is 6.45. The number of sulfone groups is 1. The fourth-order valence-corrected chi connectivity index (χ4v) is 5.59. The van der Waals surface area contributed by atoms with E-state index in [-0.39, 0.29) is 33.8 Å². The number of fused-ring (bicyclic) bond motifs is 1. The van der Waals surface area contributed by atoms with Gasteiger partial charge in [0.1, 0.15) is 24.0 Å². The molecule has 240 valence electrons. The highest BCUT2D eigenvalue weighted by atomic mass is 32.2. The summed E-state index contributed by atoms with van der Waals surface area (Å²) in [4.78, 5) is 27.3. The predicted octanol–water partition coefficient (Wildman–Crippen LogP) is 4.40. The number of benzene rings is 3. The fourth-order valence-electron chi connectivity index (χ4n) is 4.27. The van der Waals surface area contributed by atoms with Gasteiger partial charge in [-0.05, 0) is 63.5 Å². The van der Waals surface area contributed by atoms with Crippen molar-refractivity contribution < 1.29 is 41.0 Å². The van der Waals surface area contributed by atoms with Crippen LogP contribution in [0.15, 0.2) is 64.4 Å². The number of amides is 1. The molecule has 4 aromatic rings. The summed E-state index contributed by atoms with van der Waals surface area (Å²) in [6, 6.07) is 10.4. The number of likely N-dealkylation sites (N-methyl/N-ethyl adjacent to an activating group) is 1. The fraction of sp³-hybridized carbons (Fsp3) is 0.300. The van der Waals surface area contributed by atoms with Gasteiger partial charge in [-0.15, -0.1) is 5.10 Å². The minimum absolute atomic E-state index is 0.0267. The SMILES string of the molecule is CCOC(=O)n1nc(NC(=O)c2ccc(OCCN(C)C)cc2NCCOC)c2cc(S(=O)(=O)c3cc(F)cc(F)c3)ccc21. The van der Waals surface area contributed by atoms with Crippen molar-refractivity contribution in [1.29, 1.82) is 0 Å². The van der Waals surface area contributed by atoms with Crippen LogP contribution in [0, 0.1) is 11.6 Å². The Bertz CT molecular complexity index is 1790. The van der Waals surface area contributed by atoms with E-state index >= 15 is 0 Å². The molecule has 0 saturated heterocycles. The number of methoxy groups -OCH3 is 1. The Hall–Kier alpha value is -4.60. The number of nitrogens with zero attached hydrogens (tertiary/aromatic N) is 3. The van der Waals surface area contributed by atoms with Crippen molar-refractivity contribution in [3.05, 3.63) is 71.8 Å². The topological polar surface area (TPSA) is 141 Å². The molecule has 0 atom stereocenters. The Morgan fingerprint density at radius 3 is 2.38 bits per heavy atom. The second-order valence-corrected chi connectivity index (χ2v) is 11.9. The Kier molecular flexibility index (Phi) is 10.7. The summed E-state index contributed by atoms with van der Waals surface area (Å²) in [6.45, 7) is 3.45. The van der Waals surface area contributed by atoms with Crippen LogP contribution >= 0.6 is 0 Å². The molecule has 2 N–H and O–H groups in total. The highest BCUT2D eigenvalue weighted by molar-refractivity contribution is 7.91. The molecule has 1 heterocycles. The number of halogens is 2. The first kappa shape index (κ1) is 33.3. The summed E-state index contributed by atoms with van der Waals surface area (Å²) in [5.74, 6) is -2.40. The molecule has 15 heteroatoms. The Labute approximate surface area is 258 Å². The van der Waals surface area contributed by atoms with Gasteiger partial charge in [0.2, 0.25) is 9.84 Å². The van der Waals surface area contributed by atoms with Crippen molar-refractivity contribution in [3.63, 3.8) is 0 Å². The summed E-state index contributed by atoms with van der Waals surface area (Å²) >= 11 is 0. The first-order valence-electron chi connectivity index (χ1n) is 13.8. The van der Waals surface area contributed by atoms with Crippen molar-refractivity contribution >= 4 is 44.2 Å². The molecule has 3 aromatic carbocycles. The van der Waals surface area contributed by atoms with Gasteiger partial charge in [0, 0.05) is 37.7 Å². The van der Waals surface area contributed by atoms with Gasteiger partial charge in [0.25, 0.3) is 5.91 Å². The number of nitrogens with one attached hydrogen (secondary N) is 2. The lowest BCUT2D eigenvalue weighted by Crippen LogP contribution is -2.20. The Balaban J connectivity index is 1.75. The van der Waals surface area contributed by atoms with E-state index in [2.05, 4.69) is 15.7 Å². The Morgan fingerprint density at radius 2 is 1.71 bits per heavy atom. The molecule has 0 bridgehead atoms. The summed E-state index contributed by atoms with van der Waals surface area (Å²) in [5, 5.41) is 10.1. The third-order valence-corrected chi connectivity index (χ3v) is 8.18. The van der Waals surface area contributed by atoms with Crippen molar-refractivity contribution in [3.8, 4) is 5.75 Å². The molecule has 12 nitrogen and oxygen atoms in total. The van der Waals surface area contributed by atoms with Crippen molar-refractivity contribution in [2.24, 2.45) is 0 Å². The Morgan fingerprint density at radius 1 is 0.978 bits per heavy atom. The van der Waals surface area contributed by atoms with E-state index in [4.69, 9.17) is 14.2 Å². The maximum atomic E-state index is 13.9. The van der Waals surface area contributed by atoms with Gasteiger partial charge in [0.15, 0.2) is 5.82 Å². The molecule has 0 aliphatic rings. The van der Waals surface area contributed by atoms with Crippen LogP contribution < -0.4 is 15.4 Å². The van der Waals surface area contributed by atoms with Crippen LogP contribution in [0.4, 0.5) is 25.1 Å². The maximum absolute atomic E-state index is 13.9. The van der Waals surface area contributed by atoms with Crippen LogP contribution in [0.5, 0.6) is 5.75 Å². The minimum atomic E-state index is -4.42. The summed E-state index contributed by atoms with van der Waals surface area (Å²) in [7, 11) is 0.961. The number of hydrogen-bond acceptors (Lipinski definition) is 10. The quantitative estimate of drug-likeness (QED) is 0.201. The van der Waals surface area contributed by atoms with Gasteiger partial charge < -0.3 is 29.7 Å². The van der Waals surface area contributed by atoms with Gasteiger partial charge in [-0.25, -0.2) is 22.0 Å². The molecule has 45 heavy (non-hydrogen) atoms. The molecular formula is C30H33F2N5O7S. The second-order valence-electron chi connectivity index (χ2n) is 9.98. The van der Waals surface area contributed by atoms with Gasteiger partial charge in [0.05, 0.1) is 39.8 Å². The molecule has 0 aliphatic carbocycles. The van der Waals surface area contributed by atoms with Gasteiger partial charge in [-0.2, -0.15) is 4.68 Å². The molecule has 0 saturated carbocycles.